The molecule has 2 rings (SSSR count). The van der Waals surface area contributed by atoms with Gasteiger partial charge in [0.1, 0.15) is 0 Å². The molecule has 106 valence electrons. The zero-order valence-electron chi connectivity index (χ0n) is 11.2. The van der Waals surface area contributed by atoms with Gasteiger partial charge in [-0.25, -0.2) is 0 Å². The van der Waals surface area contributed by atoms with Crippen LogP contribution < -0.4 is 5.32 Å². The Kier molecular flexibility index (Phi) is 3.67. The number of piperazine rings is 1. The zero-order chi connectivity index (χ0) is 13.4. The van der Waals surface area contributed by atoms with Crippen molar-refractivity contribution in [2.45, 2.75) is 63.2 Å². The molecule has 18 heavy (non-hydrogen) atoms. The molecule has 0 aromatic heterocycles. The number of alkyl halides is 3. The molecule has 0 bridgehead atoms. The Hall–Kier alpha value is -0.290. The van der Waals surface area contributed by atoms with E-state index in [9.17, 15) is 13.2 Å². The molecule has 2 aliphatic rings. The van der Waals surface area contributed by atoms with Crippen LogP contribution in [0.5, 0.6) is 0 Å². The first-order valence-electron chi connectivity index (χ1n) is 6.79. The average Bonchev–Trinajstić information content (AvgIpc) is 2.69. The van der Waals surface area contributed by atoms with E-state index in [2.05, 4.69) is 24.1 Å². The molecule has 5 heteroatoms. The molecule has 1 aliphatic heterocycles. The molecule has 0 atom stereocenters. The molecule has 0 radical (unpaired) electrons. The summed E-state index contributed by atoms with van der Waals surface area (Å²) in [6.45, 7) is 5.82. The van der Waals surface area contributed by atoms with Crippen LogP contribution in [0.3, 0.4) is 0 Å². The van der Waals surface area contributed by atoms with Crippen molar-refractivity contribution in [3.63, 3.8) is 0 Å². The maximum Gasteiger partial charge on any atom is 0.390 e. The van der Waals surface area contributed by atoms with Crippen molar-refractivity contribution in [3.05, 3.63) is 0 Å². The number of nitrogens with one attached hydrogen (secondary N) is 1. The summed E-state index contributed by atoms with van der Waals surface area (Å²) in [7, 11) is 0. The van der Waals surface area contributed by atoms with Crippen molar-refractivity contribution in [1.82, 2.24) is 10.2 Å². The van der Waals surface area contributed by atoms with E-state index in [1.165, 1.54) is 0 Å². The third-order valence-electron chi connectivity index (χ3n) is 4.35. The van der Waals surface area contributed by atoms with Crippen LogP contribution >= 0.6 is 0 Å². The first kappa shape index (κ1) is 14.1. The molecule has 1 saturated heterocycles. The fraction of sp³-hybridized carbons (Fsp3) is 1.00. The zero-order valence-corrected chi connectivity index (χ0v) is 11.2. The lowest BCUT2D eigenvalue weighted by Gasteiger charge is -2.51. The molecule has 1 spiro atoms. The van der Waals surface area contributed by atoms with Gasteiger partial charge in [0.25, 0.3) is 0 Å². The molecule has 2 fully saturated rings. The van der Waals surface area contributed by atoms with Crippen molar-refractivity contribution in [2.24, 2.45) is 0 Å². The highest BCUT2D eigenvalue weighted by Gasteiger charge is 2.46. The van der Waals surface area contributed by atoms with Crippen molar-refractivity contribution in [1.29, 1.82) is 0 Å². The van der Waals surface area contributed by atoms with E-state index in [0.29, 0.717) is 6.54 Å². The fourth-order valence-corrected chi connectivity index (χ4v) is 3.32. The molecule has 0 amide bonds. The number of nitrogens with zero attached hydrogens (tertiary/aromatic N) is 1. The van der Waals surface area contributed by atoms with Crippen molar-refractivity contribution < 1.29 is 13.2 Å². The Labute approximate surface area is 107 Å². The van der Waals surface area contributed by atoms with Gasteiger partial charge in [0.2, 0.25) is 0 Å². The summed E-state index contributed by atoms with van der Waals surface area (Å²) in [6, 6.07) is 0. The summed E-state index contributed by atoms with van der Waals surface area (Å²) in [4.78, 5) is 2.10. The second-order valence-corrected chi connectivity index (χ2v) is 6.46. The van der Waals surface area contributed by atoms with Gasteiger partial charge in [-0.3, -0.25) is 4.90 Å². The summed E-state index contributed by atoms with van der Waals surface area (Å²) in [5.41, 5.74) is -0.0970. The fourth-order valence-electron chi connectivity index (χ4n) is 3.32. The van der Waals surface area contributed by atoms with Gasteiger partial charge in [-0.1, -0.05) is 12.8 Å². The standard InChI is InChI=1S/C13H23F3N2/c1-11(2)10-18(8-7-13(14,15)16)12(9-17-11)5-3-4-6-12/h17H,3-10H2,1-2H3. The number of halogens is 3. The summed E-state index contributed by atoms with van der Waals surface area (Å²) < 4.78 is 37.3. The Morgan fingerprint density at radius 3 is 2.33 bits per heavy atom. The van der Waals surface area contributed by atoms with E-state index < -0.39 is 12.6 Å². The molecule has 1 aliphatic carbocycles. The highest BCUT2D eigenvalue weighted by molar-refractivity contribution is 5.04. The highest BCUT2D eigenvalue weighted by atomic mass is 19.4. The van der Waals surface area contributed by atoms with Crippen LogP contribution in [-0.2, 0) is 0 Å². The van der Waals surface area contributed by atoms with Crippen molar-refractivity contribution >= 4 is 0 Å². The molecule has 1 saturated carbocycles. The summed E-state index contributed by atoms with van der Waals surface area (Å²) >= 11 is 0. The smallest absolute Gasteiger partial charge is 0.309 e. The van der Waals surface area contributed by atoms with Gasteiger partial charge < -0.3 is 5.32 Å². The Balaban J connectivity index is 2.05. The Bertz CT molecular complexity index is 293. The SMILES string of the molecule is CC1(C)CN(CCC(F)(F)F)C2(CCCC2)CN1. The van der Waals surface area contributed by atoms with E-state index in [0.717, 1.165) is 32.2 Å². The van der Waals surface area contributed by atoms with Gasteiger partial charge in [-0.2, -0.15) is 13.2 Å². The second-order valence-electron chi connectivity index (χ2n) is 6.46. The van der Waals surface area contributed by atoms with Crippen LogP contribution in [-0.4, -0.2) is 41.8 Å². The molecular weight excluding hydrogens is 241 g/mol. The predicted molar refractivity (Wildman–Crippen MR) is 65.5 cm³/mol. The largest absolute Gasteiger partial charge is 0.390 e. The minimum absolute atomic E-state index is 0.0131. The summed E-state index contributed by atoms with van der Waals surface area (Å²) in [5.74, 6) is 0. The van der Waals surface area contributed by atoms with Crippen LogP contribution in [0.15, 0.2) is 0 Å². The molecule has 0 aromatic rings. The summed E-state index contributed by atoms with van der Waals surface area (Å²) in [5, 5.41) is 3.50. The molecule has 2 nitrogen and oxygen atoms in total. The first-order valence-corrected chi connectivity index (χ1v) is 6.79. The minimum Gasteiger partial charge on any atom is -0.309 e. The lowest BCUT2D eigenvalue weighted by Crippen LogP contribution is -2.67. The van der Waals surface area contributed by atoms with E-state index in [-0.39, 0.29) is 17.6 Å². The van der Waals surface area contributed by atoms with Gasteiger partial charge in [-0.15, -0.1) is 0 Å². The molecule has 1 heterocycles. The number of hydrogen-bond donors (Lipinski definition) is 1. The highest BCUT2D eigenvalue weighted by Crippen LogP contribution is 2.39. The lowest BCUT2D eigenvalue weighted by molar-refractivity contribution is -0.143. The molecule has 1 N–H and O–H groups in total. The van der Waals surface area contributed by atoms with Crippen LogP contribution in [0.1, 0.15) is 46.0 Å². The second kappa shape index (κ2) is 4.67. The van der Waals surface area contributed by atoms with Crippen molar-refractivity contribution in [2.75, 3.05) is 19.6 Å². The lowest BCUT2D eigenvalue weighted by atomic mass is 9.87. The van der Waals surface area contributed by atoms with Crippen LogP contribution in [0.4, 0.5) is 13.2 Å². The predicted octanol–water partition coefficient (Wildman–Crippen LogP) is 2.94. The topological polar surface area (TPSA) is 15.3 Å². The monoisotopic (exact) mass is 264 g/mol. The minimum atomic E-state index is -4.05. The van der Waals surface area contributed by atoms with Gasteiger partial charge in [0.05, 0.1) is 6.42 Å². The third kappa shape index (κ3) is 3.18. The van der Waals surface area contributed by atoms with E-state index in [1.54, 1.807) is 0 Å². The number of hydrogen-bond acceptors (Lipinski definition) is 2. The van der Waals surface area contributed by atoms with Gasteiger partial charge in [-0.05, 0) is 26.7 Å². The van der Waals surface area contributed by atoms with Crippen LogP contribution in [0.2, 0.25) is 0 Å². The van der Waals surface area contributed by atoms with Crippen LogP contribution in [0, 0.1) is 0 Å². The van der Waals surface area contributed by atoms with E-state index in [4.69, 9.17) is 0 Å². The maximum absolute atomic E-state index is 12.4. The Morgan fingerprint density at radius 2 is 1.78 bits per heavy atom. The molecule has 0 unspecified atom stereocenters. The normalized spacial score (nSPS) is 27.8. The van der Waals surface area contributed by atoms with Gasteiger partial charge in [0, 0.05) is 30.7 Å². The first-order chi connectivity index (χ1) is 8.23. The van der Waals surface area contributed by atoms with Gasteiger partial charge >= 0.3 is 6.18 Å². The van der Waals surface area contributed by atoms with Gasteiger partial charge in [0.15, 0.2) is 0 Å². The number of rotatable bonds is 2. The molecule has 0 aromatic carbocycles. The molecular formula is C13H23F3N2. The third-order valence-corrected chi connectivity index (χ3v) is 4.35. The van der Waals surface area contributed by atoms with Crippen LogP contribution in [0.25, 0.3) is 0 Å². The summed E-state index contributed by atoms with van der Waals surface area (Å²) in [6.07, 6.45) is -0.378. The van der Waals surface area contributed by atoms with E-state index >= 15 is 0 Å². The van der Waals surface area contributed by atoms with E-state index in [1.807, 2.05) is 0 Å². The average molecular weight is 264 g/mol. The van der Waals surface area contributed by atoms with Crippen molar-refractivity contribution in [3.8, 4) is 0 Å². The Morgan fingerprint density at radius 1 is 1.17 bits per heavy atom. The quantitative estimate of drug-likeness (QED) is 0.825. The maximum atomic E-state index is 12.4.